The van der Waals surface area contributed by atoms with E-state index in [1.54, 1.807) is 4.90 Å². The van der Waals surface area contributed by atoms with Crippen LogP contribution >= 0.6 is 0 Å². The molecule has 1 aliphatic heterocycles. The van der Waals surface area contributed by atoms with E-state index in [9.17, 15) is 4.79 Å². The Morgan fingerprint density at radius 3 is 2.44 bits per heavy atom. The lowest BCUT2D eigenvalue weighted by molar-refractivity contribution is 0.0996. The summed E-state index contributed by atoms with van der Waals surface area (Å²) in [7, 11) is 0. The van der Waals surface area contributed by atoms with Crippen LogP contribution in [0.4, 0.5) is 5.69 Å². The van der Waals surface area contributed by atoms with E-state index < -0.39 is 0 Å². The summed E-state index contributed by atoms with van der Waals surface area (Å²) in [4.78, 5) is 14.0. The highest BCUT2D eigenvalue weighted by Gasteiger charge is 2.27. The van der Waals surface area contributed by atoms with Gasteiger partial charge in [0.2, 0.25) is 0 Å². The third-order valence-electron chi connectivity index (χ3n) is 3.31. The largest absolute Gasteiger partial charge is 0.326 e. The van der Waals surface area contributed by atoms with Crippen molar-refractivity contribution in [3.05, 3.63) is 65.2 Å². The average molecular weight is 238 g/mol. The molecule has 1 aliphatic rings. The molecule has 1 amide bonds. The van der Waals surface area contributed by atoms with Crippen LogP contribution in [-0.4, -0.2) is 5.91 Å². The predicted octanol–water partition coefficient (Wildman–Crippen LogP) is 2.31. The lowest BCUT2D eigenvalue weighted by atomic mass is 10.1. The fraction of sp³-hybridized carbons (Fsp3) is 0.133. The van der Waals surface area contributed by atoms with Crippen LogP contribution in [0, 0.1) is 0 Å². The van der Waals surface area contributed by atoms with Gasteiger partial charge in [-0.05, 0) is 29.3 Å². The van der Waals surface area contributed by atoms with E-state index >= 15 is 0 Å². The van der Waals surface area contributed by atoms with Gasteiger partial charge in [0.05, 0.1) is 6.54 Å². The van der Waals surface area contributed by atoms with E-state index in [1.165, 1.54) is 0 Å². The number of amides is 1. The second kappa shape index (κ2) is 4.27. The van der Waals surface area contributed by atoms with E-state index in [0.717, 1.165) is 22.4 Å². The van der Waals surface area contributed by atoms with Crippen LogP contribution in [0.3, 0.4) is 0 Å². The minimum absolute atomic E-state index is 0.0751. The second-order valence-electron chi connectivity index (χ2n) is 4.42. The Labute approximate surface area is 106 Å². The smallest absolute Gasteiger partial charge is 0.258 e. The van der Waals surface area contributed by atoms with Crippen LogP contribution in [0.15, 0.2) is 48.5 Å². The van der Waals surface area contributed by atoms with Gasteiger partial charge in [0.1, 0.15) is 0 Å². The van der Waals surface area contributed by atoms with Crippen LogP contribution in [0.5, 0.6) is 0 Å². The molecule has 2 N–H and O–H groups in total. The summed E-state index contributed by atoms with van der Waals surface area (Å²) in [6.45, 7) is 1.17. The second-order valence-corrected chi connectivity index (χ2v) is 4.42. The first kappa shape index (κ1) is 11.0. The lowest BCUT2D eigenvalue weighted by Gasteiger charge is -2.15. The van der Waals surface area contributed by atoms with E-state index in [2.05, 4.69) is 0 Å². The van der Waals surface area contributed by atoms with Crippen molar-refractivity contribution >= 4 is 11.6 Å². The maximum atomic E-state index is 12.3. The molecule has 3 heteroatoms. The van der Waals surface area contributed by atoms with Gasteiger partial charge < -0.3 is 10.6 Å². The average Bonchev–Trinajstić information content (AvgIpc) is 2.77. The van der Waals surface area contributed by atoms with Gasteiger partial charge >= 0.3 is 0 Å². The lowest BCUT2D eigenvalue weighted by Crippen LogP contribution is -2.22. The number of hydrogen-bond acceptors (Lipinski definition) is 2. The zero-order chi connectivity index (χ0) is 12.5. The first-order valence-electron chi connectivity index (χ1n) is 5.98. The number of rotatable bonds is 2. The third kappa shape index (κ3) is 1.69. The number of fused-ring (bicyclic) bond motifs is 1. The predicted molar refractivity (Wildman–Crippen MR) is 71.3 cm³/mol. The molecule has 0 aromatic heterocycles. The molecular formula is C15H14N2O. The summed E-state index contributed by atoms with van der Waals surface area (Å²) >= 11 is 0. The first-order valence-corrected chi connectivity index (χ1v) is 5.98. The van der Waals surface area contributed by atoms with Crippen molar-refractivity contribution in [3.8, 4) is 0 Å². The number of anilines is 1. The fourth-order valence-corrected chi connectivity index (χ4v) is 2.27. The topological polar surface area (TPSA) is 46.3 Å². The van der Waals surface area contributed by atoms with Crippen molar-refractivity contribution in [2.75, 3.05) is 4.90 Å². The Balaban J connectivity index is 1.93. The Hall–Kier alpha value is -2.13. The van der Waals surface area contributed by atoms with Gasteiger partial charge in [-0.3, -0.25) is 4.79 Å². The van der Waals surface area contributed by atoms with Crippen molar-refractivity contribution < 1.29 is 4.79 Å². The molecule has 0 atom stereocenters. The number of carbonyl (C=O) groups excluding carboxylic acids is 1. The van der Waals surface area contributed by atoms with E-state index in [0.29, 0.717) is 13.1 Å². The van der Waals surface area contributed by atoms with E-state index in [-0.39, 0.29) is 5.91 Å². The standard InChI is InChI=1S/C15H14N2O/c16-9-11-5-7-13(8-6-11)17-10-12-3-1-2-4-14(12)15(17)18/h1-8H,9-10,16H2. The third-order valence-corrected chi connectivity index (χ3v) is 3.31. The molecule has 0 saturated heterocycles. The van der Waals surface area contributed by atoms with Gasteiger partial charge in [-0.15, -0.1) is 0 Å². The molecule has 3 rings (SSSR count). The van der Waals surface area contributed by atoms with Crippen molar-refractivity contribution in [1.29, 1.82) is 0 Å². The quantitative estimate of drug-likeness (QED) is 0.872. The zero-order valence-corrected chi connectivity index (χ0v) is 9.97. The van der Waals surface area contributed by atoms with Gasteiger partial charge in [0.15, 0.2) is 0 Å². The minimum atomic E-state index is 0.0751. The van der Waals surface area contributed by atoms with Crippen molar-refractivity contribution in [2.45, 2.75) is 13.1 Å². The highest BCUT2D eigenvalue weighted by atomic mass is 16.2. The molecule has 0 unspecified atom stereocenters. The molecule has 18 heavy (non-hydrogen) atoms. The SMILES string of the molecule is NCc1ccc(N2Cc3ccccc3C2=O)cc1. The fourth-order valence-electron chi connectivity index (χ4n) is 2.27. The molecule has 2 aromatic rings. The molecule has 0 spiro atoms. The Morgan fingerprint density at radius 2 is 1.78 bits per heavy atom. The van der Waals surface area contributed by atoms with Gasteiger partial charge in [-0.25, -0.2) is 0 Å². The molecule has 90 valence electrons. The summed E-state index contributed by atoms with van der Waals surface area (Å²) in [5.41, 5.74) is 9.46. The number of nitrogens with two attached hydrogens (primary N) is 1. The van der Waals surface area contributed by atoms with E-state index in [4.69, 9.17) is 5.73 Å². The van der Waals surface area contributed by atoms with Gasteiger partial charge in [0.25, 0.3) is 5.91 Å². The number of benzene rings is 2. The molecule has 0 saturated carbocycles. The van der Waals surface area contributed by atoms with Gasteiger partial charge in [0, 0.05) is 17.8 Å². The molecule has 3 nitrogen and oxygen atoms in total. The molecule has 2 aromatic carbocycles. The number of carbonyl (C=O) groups is 1. The Kier molecular flexibility index (Phi) is 2.61. The highest BCUT2D eigenvalue weighted by Crippen LogP contribution is 2.28. The van der Waals surface area contributed by atoms with Crippen LogP contribution < -0.4 is 10.6 Å². The molecule has 0 fully saturated rings. The number of nitrogens with zero attached hydrogens (tertiary/aromatic N) is 1. The summed E-state index contributed by atoms with van der Waals surface area (Å²) in [6.07, 6.45) is 0. The summed E-state index contributed by atoms with van der Waals surface area (Å²) in [6, 6.07) is 15.6. The Morgan fingerprint density at radius 1 is 1.06 bits per heavy atom. The van der Waals surface area contributed by atoms with Crippen LogP contribution in [0.2, 0.25) is 0 Å². The minimum Gasteiger partial charge on any atom is -0.326 e. The zero-order valence-electron chi connectivity index (χ0n) is 9.97. The summed E-state index contributed by atoms with van der Waals surface area (Å²) < 4.78 is 0. The van der Waals surface area contributed by atoms with Crippen LogP contribution in [-0.2, 0) is 13.1 Å². The monoisotopic (exact) mass is 238 g/mol. The summed E-state index contributed by atoms with van der Waals surface area (Å²) in [5, 5.41) is 0. The summed E-state index contributed by atoms with van der Waals surface area (Å²) in [5.74, 6) is 0.0751. The van der Waals surface area contributed by atoms with Crippen LogP contribution in [0.1, 0.15) is 21.5 Å². The Bertz CT molecular complexity index is 590. The van der Waals surface area contributed by atoms with Crippen molar-refractivity contribution in [3.63, 3.8) is 0 Å². The molecule has 0 aliphatic carbocycles. The highest BCUT2D eigenvalue weighted by molar-refractivity contribution is 6.09. The first-order chi connectivity index (χ1) is 8.79. The number of hydrogen-bond donors (Lipinski definition) is 1. The van der Waals surface area contributed by atoms with Gasteiger partial charge in [-0.2, -0.15) is 0 Å². The maximum Gasteiger partial charge on any atom is 0.258 e. The molecule has 0 radical (unpaired) electrons. The van der Waals surface area contributed by atoms with Crippen LogP contribution in [0.25, 0.3) is 0 Å². The molecular weight excluding hydrogens is 224 g/mol. The normalized spacial score (nSPS) is 13.8. The van der Waals surface area contributed by atoms with Crippen molar-refractivity contribution in [2.24, 2.45) is 5.73 Å². The van der Waals surface area contributed by atoms with Crippen molar-refractivity contribution in [1.82, 2.24) is 0 Å². The maximum absolute atomic E-state index is 12.3. The van der Waals surface area contributed by atoms with E-state index in [1.807, 2.05) is 48.5 Å². The molecule has 0 bridgehead atoms. The molecule has 1 heterocycles. The van der Waals surface area contributed by atoms with Gasteiger partial charge in [-0.1, -0.05) is 30.3 Å².